The van der Waals surface area contributed by atoms with Crippen LogP contribution in [0.2, 0.25) is 0 Å². The minimum atomic E-state index is 0.871. The summed E-state index contributed by atoms with van der Waals surface area (Å²) in [6.07, 6.45) is 2.00. The van der Waals surface area contributed by atoms with Gasteiger partial charge in [0.2, 0.25) is 0 Å². The zero-order valence-corrected chi connectivity index (χ0v) is 27.2. The van der Waals surface area contributed by atoms with E-state index in [4.69, 9.17) is 9.40 Å². The van der Waals surface area contributed by atoms with Gasteiger partial charge in [-0.25, -0.2) is 0 Å². The van der Waals surface area contributed by atoms with Crippen molar-refractivity contribution in [2.75, 3.05) is 4.90 Å². The number of fused-ring (bicyclic) bond motifs is 7. The summed E-state index contributed by atoms with van der Waals surface area (Å²) < 4.78 is 8.80. The highest BCUT2D eigenvalue weighted by atomic mass is 32.1. The molecule has 3 aromatic heterocycles. The Balaban J connectivity index is 1.07. The molecule has 10 rings (SSSR count). The fraction of sp³-hybridized carbons (Fsp3) is 0. The number of hydrogen-bond acceptors (Lipinski definition) is 4. The normalized spacial score (nSPS) is 11.7. The average molecular weight is 645 g/mol. The average Bonchev–Trinajstić information content (AvgIpc) is 3.73. The van der Waals surface area contributed by atoms with Crippen LogP contribution in [0.15, 0.2) is 174 Å². The number of para-hydroxylation sites is 1. The van der Waals surface area contributed by atoms with E-state index in [2.05, 4.69) is 157 Å². The van der Waals surface area contributed by atoms with E-state index >= 15 is 0 Å². The van der Waals surface area contributed by atoms with Gasteiger partial charge in [0, 0.05) is 55.7 Å². The third-order valence-electron chi connectivity index (χ3n) is 9.52. The summed E-state index contributed by atoms with van der Waals surface area (Å²) in [4.78, 5) is 7.19. The number of hydrogen-bond donors (Lipinski definition) is 0. The summed E-state index contributed by atoms with van der Waals surface area (Å²) in [6, 6.07) is 58.3. The van der Waals surface area contributed by atoms with Gasteiger partial charge in [-0.3, -0.25) is 4.98 Å². The molecule has 4 heteroatoms. The predicted molar refractivity (Wildman–Crippen MR) is 207 cm³/mol. The molecule has 0 aliphatic heterocycles. The standard InChI is InChI=1S/C45H28N2OS/c1-2-10-36-30(8-1)9-7-13-37(36)31-18-22-34(23-19-31)47(35-24-25-39-38-11-3-5-14-41(38)48-42(39)27-35)33-20-16-29(17-21-33)32-26-44-45(46-28-32)40-12-4-6-15-43(40)49-44/h1-28H. The van der Waals surface area contributed by atoms with E-state index < -0.39 is 0 Å². The molecule has 0 atom stereocenters. The minimum absolute atomic E-state index is 0.871. The molecule has 0 aliphatic rings. The van der Waals surface area contributed by atoms with Gasteiger partial charge in [0.25, 0.3) is 0 Å². The summed E-state index contributed by atoms with van der Waals surface area (Å²) in [5, 5.41) is 5.96. The fourth-order valence-corrected chi connectivity index (χ4v) is 8.23. The van der Waals surface area contributed by atoms with Crippen LogP contribution in [0.3, 0.4) is 0 Å². The Hall–Kier alpha value is -6.23. The van der Waals surface area contributed by atoms with Gasteiger partial charge >= 0.3 is 0 Å². The third kappa shape index (κ3) is 4.68. The van der Waals surface area contributed by atoms with E-state index in [-0.39, 0.29) is 0 Å². The molecule has 10 aromatic rings. The first-order valence-electron chi connectivity index (χ1n) is 16.4. The Bertz CT molecular complexity index is 2820. The van der Waals surface area contributed by atoms with Crippen LogP contribution in [0.1, 0.15) is 0 Å². The monoisotopic (exact) mass is 644 g/mol. The fourth-order valence-electron chi connectivity index (χ4n) is 7.12. The first-order chi connectivity index (χ1) is 24.3. The second kappa shape index (κ2) is 11.2. The van der Waals surface area contributed by atoms with Crippen LogP contribution in [-0.4, -0.2) is 4.98 Å². The second-order valence-corrected chi connectivity index (χ2v) is 13.5. The van der Waals surface area contributed by atoms with Gasteiger partial charge in [-0.1, -0.05) is 103 Å². The Morgan fingerprint density at radius 1 is 0.449 bits per heavy atom. The lowest BCUT2D eigenvalue weighted by Crippen LogP contribution is -2.09. The molecular weight excluding hydrogens is 617 g/mol. The van der Waals surface area contributed by atoms with Crippen LogP contribution in [-0.2, 0) is 0 Å². The Morgan fingerprint density at radius 2 is 1.10 bits per heavy atom. The van der Waals surface area contributed by atoms with Gasteiger partial charge in [-0.2, -0.15) is 0 Å². The summed E-state index contributed by atoms with van der Waals surface area (Å²) >= 11 is 1.80. The highest BCUT2D eigenvalue weighted by Gasteiger charge is 2.17. The molecular formula is C45H28N2OS. The molecule has 0 fully saturated rings. The van der Waals surface area contributed by atoms with Crippen molar-refractivity contribution in [2.24, 2.45) is 0 Å². The van der Waals surface area contributed by atoms with Gasteiger partial charge in [-0.05, 0) is 82.1 Å². The lowest BCUT2D eigenvalue weighted by atomic mass is 9.98. The lowest BCUT2D eigenvalue weighted by Gasteiger charge is -2.26. The van der Waals surface area contributed by atoms with E-state index in [1.54, 1.807) is 11.3 Å². The molecule has 0 bridgehead atoms. The van der Waals surface area contributed by atoms with Crippen molar-refractivity contribution in [3.63, 3.8) is 0 Å². The van der Waals surface area contributed by atoms with Crippen LogP contribution in [0.5, 0.6) is 0 Å². The van der Waals surface area contributed by atoms with Crippen molar-refractivity contribution in [3.8, 4) is 22.3 Å². The Morgan fingerprint density at radius 3 is 1.94 bits per heavy atom. The maximum absolute atomic E-state index is 6.33. The number of thiophene rings is 1. The molecule has 3 heterocycles. The summed E-state index contributed by atoms with van der Waals surface area (Å²) in [7, 11) is 0. The number of furan rings is 1. The maximum atomic E-state index is 6.33. The van der Waals surface area contributed by atoms with Crippen LogP contribution < -0.4 is 4.90 Å². The van der Waals surface area contributed by atoms with Crippen molar-refractivity contribution in [1.82, 2.24) is 4.98 Å². The SMILES string of the molecule is c1ccc2c(-c3ccc(N(c4ccc(-c5cnc6c(c5)sc5ccccc56)cc4)c4ccc5c(c4)oc4ccccc45)cc3)cccc2c1. The number of aromatic nitrogens is 1. The second-order valence-electron chi connectivity index (χ2n) is 12.4. The topological polar surface area (TPSA) is 29.3 Å². The van der Waals surface area contributed by atoms with Crippen molar-refractivity contribution in [3.05, 3.63) is 170 Å². The van der Waals surface area contributed by atoms with E-state index in [9.17, 15) is 0 Å². The predicted octanol–water partition coefficient (Wildman–Crippen LogP) is 13.3. The molecule has 0 N–H and O–H groups in total. The molecule has 0 unspecified atom stereocenters. The quantitative estimate of drug-likeness (QED) is 0.187. The summed E-state index contributed by atoms with van der Waals surface area (Å²) in [5.41, 5.74) is 10.7. The summed E-state index contributed by atoms with van der Waals surface area (Å²) in [5.74, 6) is 0. The zero-order chi connectivity index (χ0) is 32.3. The number of rotatable bonds is 5. The highest BCUT2D eigenvalue weighted by Crippen LogP contribution is 2.41. The van der Waals surface area contributed by atoms with Gasteiger partial charge < -0.3 is 9.32 Å². The van der Waals surface area contributed by atoms with Gasteiger partial charge in [0.15, 0.2) is 0 Å². The largest absolute Gasteiger partial charge is 0.456 e. The van der Waals surface area contributed by atoms with Crippen molar-refractivity contribution >= 4 is 81.4 Å². The molecule has 230 valence electrons. The number of benzene rings is 7. The van der Waals surface area contributed by atoms with Crippen LogP contribution >= 0.6 is 11.3 Å². The highest BCUT2D eigenvalue weighted by molar-refractivity contribution is 7.25. The summed E-state index contributed by atoms with van der Waals surface area (Å²) in [6.45, 7) is 0. The molecule has 49 heavy (non-hydrogen) atoms. The van der Waals surface area contributed by atoms with E-state index in [1.165, 1.54) is 36.7 Å². The van der Waals surface area contributed by atoms with Crippen molar-refractivity contribution in [1.29, 1.82) is 0 Å². The first kappa shape index (κ1) is 27.8. The lowest BCUT2D eigenvalue weighted by molar-refractivity contribution is 0.669. The van der Waals surface area contributed by atoms with E-state index in [0.717, 1.165) is 55.6 Å². The Labute approximate surface area is 286 Å². The molecule has 7 aromatic carbocycles. The number of nitrogens with zero attached hydrogens (tertiary/aromatic N) is 2. The number of pyridine rings is 1. The molecule has 0 saturated heterocycles. The van der Waals surface area contributed by atoms with Crippen LogP contribution in [0.25, 0.3) is 75.3 Å². The van der Waals surface area contributed by atoms with Crippen LogP contribution in [0.4, 0.5) is 17.1 Å². The molecule has 0 radical (unpaired) electrons. The molecule has 3 nitrogen and oxygen atoms in total. The van der Waals surface area contributed by atoms with Crippen molar-refractivity contribution < 1.29 is 4.42 Å². The molecule has 0 spiro atoms. The molecule has 0 aliphatic carbocycles. The smallest absolute Gasteiger partial charge is 0.137 e. The van der Waals surface area contributed by atoms with Gasteiger partial charge in [0.1, 0.15) is 11.2 Å². The Kier molecular flexibility index (Phi) is 6.36. The zero-order valence-electron chi connectivity index (χ0n) is 26.4. The molecule has 0 saturated carbocycles. The molecule has 0 amide bonds. The number of anilines is 3. The first-order valence-corrected chi connectivity index (χ1v) is 17.3. The van der Waals surface area contributed by atoms with Crippen molar-refractivity contribution in [2.45, 2.75) is 0 Å². The third-order valence-corrected chi connectivity index (χ3v) is 10.6. The van der Waals surface area contributed by atoms with Crippen LogP contribution in [0, 0.1) is 0 Å². The van der Waals surface area contributed by atoms with Gasteiger partial charge in [0.05, 0.1) is 10.2 Å². The minimum Gasteiger partial charge on any atom is -0.456 e. The van der Waals surface area contributed by atoms with Gasteiger partial charge in [-0.15, -0.1) is 11.3 Å². The maximum Gasteiger partial charge on any atom is 0.137 e. The van der Waals surface area contributed by atoms with E-state index in [0.29, 0.717) is 0 Å². The van der Waals surface area contributed by atoms with E-state index in [1.807, 2.05) is 18.3 Å².